The summed E-state index contributed by atoms with van der Waals surface area (Å²) < 4.78 is 35.7. The van der Waals surface area contributed by atoms with Crippen molar-refractivity contribution in [1.82, 2.24) is 5.32 Å². The molecule has 0 spiro atoms. The van der Waals surface area contributed by atoms with Crippen LogP contribution in [-0.2, 0) is 0 Å². The van der Waals surface area contributed by atoms with Crippen molar-refractivity contribution in [2.24, 2.45) is 5.92 Å². The molecular weight excluding hydrogens is 143 g/mol. The lowest BCUT2D eigenvalue weighted by atomic mass is 10.1. The molecule has 1 fully saturated rings. The summed E-state index contributed by atoms with van der Waals surface area (Å²) in [7, 11) is 0. The first-order chi connectivity index (χ1) is 4.50. The molecule has 1 nitrogen and oxygen atoms in total. The van der Waals surface area contributed by atoms with Crippen LogP contribution in [0.3, 0.4) is 0 Å². The van der Waals surface area contributed by atoms with Crippen molar-refractivity contribution >= 4 is 0 Å². The highest BCUT2D eigenvalue weighted by atomic mass is 19.4. The minimum Gasteiger partial charge on any atom is -0.314 e. The molecule has 0 amide bonds. The van der Waals surface area contributed by atoms with Crippen LogP contribution in [0.2, 0.25) is 0 Å². The Balaban J connectivity index is 2.45. The summed E-state index contributed by atoms with van der Waals surface area (Å²) in [6, 6.07) is 0.0200. The molecule has 0 aromatic rings. The van der Waals surface area contributed by atoms with Crippen molar-refractivity contribution in [2.75, 3.05) is 6.54 Å². The standard InChI is InChI=1S/C6H10F3N/c1-4-2-5(3-10-4)6(7,8)9/h4-5,10H,2-3H2,1H3/t4-,5+/m0/s1. The first kappa shape index (κ1) is 7.85. The topological polar surface area (TPSA) is 12.0 Å². The number of rotatable bonds is 0. The molecule has 0 unspecified atom stereocenters. The second kappa shape index (κ2) is 2.42. The normalized spacial score (nSPS) is 34.8. The lowest BCUT2D eigenvalue weighted by molar-refractivity contribution is -0.169. The molecule has 1 heterocycles. The first-order valence-electron chi connectivity index (χ1n) is 3.30. The fourth-order valence-electron chi connectivity index (χ4n) is 1.19. The molecule has 0 saturated carbocycles. The van der Waals surface area contributed by atoms with Crippen LogP contribution in [0.1, 0.15) is 13.3 Å². The van der Waals surface area contributed by atoms with Gasteiger partial charge in [-0.15, -0.1) is 0 Å². The van der Waals surface area contributed by atoms with E-state index in [4.69, 9.17) is 0 Å². The molecule has 4 heteroatoms. The monoisotopic (exact) mass is 153 g/mol. The van der Waals surface area contributed by atoms with Crippen LogP contribution in [0.5, 0.6) is 0 Å². The molecule has 2 atom stereocenters. The average molecular weight is 153 g/mol. The lowest BCUT2D eigenvalue weighted by Crippen LogP contribution is -2.24. The van der Waals surface area contributed by atoms with Crippen molar-refractivity contribution < 1.29 is 13.2 Å². The molecule has 10 heavy (non-hydrogen) atoms. The molecular formula is C6H10F3N. The first-order valence-corrected chi connectivity index (χ1v) is 3.30. The van der Waals surface area contributed by atoms with Gasteiger partial charge in [-0.2, -0.15) is 13.2 Å². The highest BCUT2D eigenvalue weighted by molar-refractivity contribution is 4.82. The zero-order chi connectivity index (χ0) is 7.78. The fraction of sp³-hybridized carbons (Fsp3) is 1.00. The molecule has 60 valence electrons. The molecule has 0 aliphatic carbocycles. The lowest BCUT2D eigenvalue weighted by Gasteiger charge is -2.12. The van der Waals surface area contributed by atoms with Gasteiger partial charge in [0.25, 0.3) is 0 Å². The minimum absolute atomic E-state index is 0.0200. The van der Waals surface area contributed by atoms with E-state index in [0.717, 1.165) is 0 Å². The molecule has 1 aliphatic heterocycles. The van der Waals surface area contributed by atoms with Gasteiger partial charge in [-0.1, -0.05) is 0 Å². The van der Waals surface area contributed by atoms with Gasteiger partial charge in [0.15, 0.2) is 0 Å². The molecule has 0 aromatic carbocycles. The summed E-state index contributed by atoms with van der Waals surface area (Å²) in [5.74, 6) is -1.12. The summed E-state index contributed by atoms with van der Waals surface area (Å²) >= 11 is 0. The molecule has 0 aromatic heterocycles. The summed E-state index contributed by atoms with van der Waals surface area (Å²) in [5, 5.41) is 2.76. The van der Waals surface area contributed by atoms with Crippen LogP contribution in [0.25, 0.3) is 0 Å². The molecule has 0 radical (unpaired) electrons. The molecule has 1 rings (SSSR count). The maximum absolute atomic E-state index is 11.9. The maximum atomic E-state index is 11.9. The van der Waals surface area contributed by atoms with E-state index in [1.54, 1.807) is 6.92 Å². The van der Waals surface area contributed by atoms with E-state index in [1.807, 2.05) is 0 Å². The predicted octanol–water partition coefficient (Wildman–Crippen LogP) is 1.55. The summed E-state index contributed by atoms with van der Waals surface area (Å²) in [6.45, 7) is 1.86. The van der Waals surface area contributed by atoms with E-state index >= 15 is 0 Å². The maximum Gasteiger partial charge on any atom is 0.393 e. The van der Waals surface area contributed by atoms with Gasteiger partial charge in [-0.05, 0) is 13.3 Å². The zero-order valence-corrected chi connectivity index (χ0v) is 5.70. The summed E-state index contributed by atoms with van der Waals surface area (Å²) in [6.07, 6.45) is -3.78. The number of halogens is 3. The van der Waals surface area contributed by atoms with Crippen LogP contribution in [-0.4, -0.2) is 18.8 Å². The van der Waals surface area contributed by atoms with Gasteiger partial charge in [0, 0.05) is 12.6 Å². The van der Waals surface area contributed by atoms with Gasteiger partial charge < -0.3 is 5.32 Å². The van der Waals surface area contributed by atoms with Crippen molar-refractivity contribution in [2.45, 2.75) is 25.6 Å². The van der Waals surface area contributed by atoms with Gasteiger partial charge in [-0.25, -0.2) is 0 Å². The Hall–Kier alpha value is -0.250. The Morgan fingerprint density at radius 3 is 2.20 bits per heavy atom. The van der Waals surface area contributed by atoms with Crippen LogP contribution in [0.4, 0.5) is 13.2 Å². The van der Waals surface area contributed by atoms with Crippen LogP contribution >= 0.6 is 0 Å². The third-order valence-electron chi connectivity index (χ3n) is 1.81. The van der Waals surface area contributed by atoms with Crippen molar-refractivity contribution in [1.29, 1.82) is 0 Å². The summed E-state index contributed by atoms with van der Waals surface area (Å²) in [4.78, 5) is 0. The predicted molar refractivity (Wildman–Crippen MR) is 31.6 cm³/mol. The van der Waals surface area contributed by atoms with E-state index in [9.17, 15) is 13.2 Å². The molecule has 1 N–H and O–H groups in total. The third kappa shape index (κ3) is 1.62. The quantitative estimate of drug-likeness (QED) is 0.556. The Morgan fingerprint density at radius 2 is 2.00 bits per heavy atom. The van der Waals surface area contributed by atoms with Crippen LogP contribution < -0.4 is 5.32 Å². The van der Waals surface area contributed by atoms with Crippen molar-refractivity contribution in [3.05, 3.63) is 0 Å². The number of hydrogen-bond acceptors (Lipinski definition) is 1. The van der Waals surface area contributed by atoms with Crippen LogP contribution in [0, 0.1) is 5.92 Å². The Morgan fingerprint density at radius 1 is 1.40 bits per heavy atom. The second-order valence-electron chi connectivity index (χ2n) is 2.78. The van der Waals surface area contributed by atoms with Gasteiger partial charge in [0.1, 0.15) is 0 Å². The largest absolute Gasteiger partial charge is 0.393 e. The SMILES string of the molecule is C[C@H]1C[C@@H](C(F)(F)F)CN1. The Labute approximate surface area is 57.6 Å². The van der Waals surface area contributed by atoms with Gasteiger partial charge in [-0.3, -0.25) is 0 Å². The highest BCUT2D eigenvalue weighted by Crippen LogP contribution is 2.32. The highest BCUT2D eigenvalue weighted by Gasteiger charge is 2.42. The fourth-order valence-corrected chi connectivity index (χ4v) is 1.19. The Kier molecular flexibility index (Phi) is 1.90. The number of nitrogens with one attached hydrogen (secondary N) is 1. The molecule has 1 saturated heterocycles. The van der Waals surface area contributed by atoms with Gasteiger partial charge >= 0.3 is 6.18 Å². The minimum atomic E-state index is -4.00. The third-order valence-corrected chi connectivity index (χ3v) is 1.81. The summed E-state index contributed by atoms with van der Waals surface area (Å²) in [5.41, 5.74) is 0. The smallest absolute Gasteiger partial charge is 0.314 e. The number of hydrogen-bond donors (Lipinski definition) is 1. The molecule has 1 aliphatic rings. The van der Waals surface area contributed by atoms with E-state index in [0.29, 0.717) is 0 Å². The van der Waals surface area contributed by atoms with Gasteiger partial charge in [0.05, 0.1) is 5.92 Å². The van der Waals surface area contributed by atoms with Crippen LogP contribution in [0.15, 0.2) is 0 Å². The van der Waals surface area contributed by atoms with Crippen molar-refractivity contribution in [3.63, 3.8) is 0 Å². The van der Waals surface area contributed by atoms with Crippen molar-refractivity contribution in [3.8, 4) is 0 Å². The second-order valence-corrected chi connectivity index (χ2v) is 2.78. The average Bonchev–Trinajstić information content (AvgIpc) is 2.11. The van der Waals surface area contributed by atoms with E-state index in [-0.39, 0.29) is 19.0 Å². The van der Waals surface area contributed by atoms with E-state index in [1.165, 1.54) is 0 Å². The Bertz CT molecular complexity index is 121. The van der Waals surface area contributed by atoms with Gasteiger partial charge in [0.2, 0.25) is 0 Å². The van der Waals surface area contributed by atoms with E-state index in [2.05, 4.69) is 5.32 Å². The molecule has 0 bridgehead atoms. The van der Waals surface area contributed by atoms with E-state index < -0.39 is 12.1 Å². The zero-order valence-electron chi connectivity index (χ0n) is 5.70. The number of alkyl halides is 3.